The van der Waals surface area contributed by atoms with E-state index in [0.717, 1.165) is 17.3 Å². The third kappa shape index (κ3) is 2.01. The van der Waals surface area contributed by atoms with Crippen molar-refractivity contribution >= 4 is 28.6 Å². The molecule has 1 amide bonds. The minimum Gasteiger partial charge on any atom is -0.478 e. The summed E-state index contributed by atoms with van der Waals surface area (Å²) in [5, 5.41) is 10.3. The normalized spacial score (nSPS) is 24.0. The monoisotopic (exact) mass is 385 g/mol. The van der Waals surface area contributed by atoms with Gasteiger partial charge in [-0.15, -0.1) is 0 Å². The average Bonchev–Trinajstić information content (AvgIpc) is 3.11. The second-order valence-electron chi connectivity index (χ2n) is 7.88. The van der Waals surface area contributed by atoms with Gasteiger partial charge in [0.1, 0.15) is 11.4 Å². The molecule has 2 aliphatic carbocycles. The standard InChI is InChI=1S/C22H15N3O4/c26-17-7-18-22(14-5-12(21(28)29)9-23-19(14)17)8-13(22)10-25(18)20(27)16-6-11-3-1-2-4-15(11)24-16/h1-7,9,13,24H,8,10H2,(H,28,29). The van der Waals surface area contributed by atoms with Crippen molar-refractivity contribution in [2.45, 2.75) is 11.8 Å². The molecular formula is C22H15N3O4. The quantitative estimate of drug-likeness (QED) is 0.706. The summed E-state index contributed by atoms with van der Waals surface area (Å²) in [5.74, 6) is -1.39. The lowest BCUT2D eigenvalue weighted by Crippen LogP contribution is -2.34. The van der Waals surface area contributed by atoms with Crippen molar-refractivity contribution in [3.63, 3.8) is 0 Å². The van der Waals surface area contributed by atoms with Gasteiger partial charge in [-0.1, -0.05) is 18.2 Å². The van der Waals surface area contributed by atoms with Gasteiger partial charge < -0.3 is 15.0 Å². The number of para-hydroxylation sites is 1. The van der Waals surface area contributed by atoms with Crippen LogP contribution in [0.4, 0.5) is 0 Å². The lowest BCUT2D eigenvalue weighted by molar-refractivity contribution is 0.0694. The number of piperidine rings is 1. The van der Waals surface area contributed by atoms with Gasteiger partial charge in [-0.25, -0.2) is 4.79 Å². The summed E-state index contributed by atoms with van der Waals surface area (Å²) in [6.45, 7) is 0.504. The van der Waals surface area contributed by atoms with E-state index >= 15 is 0 Å². The van der Waals surface area contributed by atoms with Gasteiger partial charge in [-0.3, -0.25) is 14.6 Å². The van der Waals surface area contributed by atoms with E-state index in [9.17, 15) is 19.5 Å². The van der Waals surface area contributed by atoms with E-state index in [1.807, 2.05) is 30.3 Å². The number of likely N-dealkylation sites (tertiary alicyclic amines) is 1. The number of hydrogen-bond donors (Lipinski definition) is 2. The van der Waals surface area contributed by atoms with Gasteiger partial charge in [-0.2, -0.15) is 0 Å². The van der Waals surface area contributed by atoms with Gasteiger partial charge in [0.2, 0.25) is 5.78 Å². The molecule has 7 nitrogen and oxygen atoms in total. The topological polar surface area (TPSA) is 103 Å². The molecule has 0 bridgehead atoms. The van der Waals surface area contributed by atoms with E-state index in [1.54, 1.807) is 11.0 Å². The molecule has 2 atom stereocenters. The van der Waals surface area contributed by atoms with Gasteiger partial charge in [0, 0.05) is 40.8 Å². The van der Waals surface area contributed by atoms with E-state index in [0.29, 0.717) is 29.2 Å². The summed E-state index contributed by atoms with van der Waals surface area (Å²) in [6, 6.07) is 11.0. The van der Waals surface area contributed by atoms with E-state index in [2.05, 4.69) is 9.97 Å². The highest BCUT2D eigenvalue weighted by Crippen LogP contribution is 2.66. The van der Waals surface area contributed by atoms with Gasteiger partial charge in [-0.05, 0) is 36.1 Å². The maximum atomic E-state index is 13.3. The molecule has 2 N–H and O–H groups in total. The molecule has 2 aromatic heterocycles. The number of aromatic carboxylic acids is 1. The molecule has 1 saturated carbocycles. The third-order valence-electron chi connectivity index (χ3n) is 6.38. The fourth-order valence-corrected chi connectivity index (χ4v) is 4.93. The number of allylic oxidation sites excluding steroid dienone is 2. The van der Waals surface area contributed by atoms with Crippen molar-refractivity contribution in [1.29, 1.82) is 0 Å². The number of nitrogens with one attached hydrogen (secondary N) is 1. The van der Waals surface area contributed by atoms with Crippen LogP contribution in [0.25, 0.3) is 10.9 Å². The lowest BCUT2D eigenvalue weighted by atomic mass is 9.83. The highest BCUT2D eigenvalue weighted by molar-refractivity contribution is 6.09. The first kappa shape index (κ1) is 16.2. The number of pyridine rings is 1. The van der Waals surface area contributed by atoms with Crippen molar-refractivity contribution in [2.24, 2.45) is 5.92 Å². The van der Waals surface area contributed by atoms with Gasteiger partial charge in [0.05, 0.1) is 5.56 Å². The number of hydrogen-bond acceptors (Lipinski definition) is 4. The lowest BCUT2D eigenvalue weighted by Gasteiger charge is -2.28. The van der Waals surface area contributed by atoms with Crippen LogP contribution in [-0.2, 0) is 5.41 Å². The Morgan fingerprint density at radius 2 is 2.07 bits per heavy atom. The Morgan fingerprint density at radius 3 is 2.86 bits per heavy atom. The number of carbonyl (C=O) groups is 3. The summed E-state index contributed by atoms with van der Waals surface area (Å²) in [7, 11) is 0. The Bertz CT molecular complexity index is 1270. The third-order valence-corrected chi connectivity index (χ3v) is 6.38. The minimum atomic E-state index is -1.08. The van der Waals surface area contributed by atoms with Gasteiger partial charge in [0.25, 0.3) is 5.91 Å². The highest BCUT2D eigenvalue weighted by Gasteiger charge is 2.67. The predicted molar refractivity (Wildman–Crippen MR) is 103 cm³/mol. The van der Waals surface area contributed by atoms with E-state index in [1.165, 1.54) is 12.3 Å². The van der Waals surface area contributed by atoms with Crippen LogP contribution < -0.4 is 0 Å². The Balaban J connectivity index is 1.44. The number of aromatic amines is 1. The number of fused-ring (bicyclic) bond motifs is 2. The van der Waals surface area contributed by atoms with Crippen molar-refractivity contribution < 1.29 is 19.5 Å². The molecule has 142 valence electrons. The number of carbonyl (C=O) groups excluding carboxylic acids is 2. The molecule has 3 heterocycles. The first-order chi connectivity index (χ1) is 14.0. The molecule has 3 aliphatic rings. The van der Waals surface area contributed by atoms with Crippen LogP contribution in [0, 0.1) is 5.92 Å². The molecule has 3 aromatic rings. The number of nitrogens with zero attached hydrogens (tertiary/aromatic N) is 2. The van der Waals surface area contributed by atoms with Crippen LogP contribution in [0.1, 0.15) is 43.3 Å². The molecule has 1 aliphatic heterocycles. The average molecular weight is 385 g/mol. The van der Waals surface area contributed by atoms with Crippen molar-refractivity contribution in [1.82, 2.24) is 14.9 Å². The van der Waals surface area contributed by atoms with Crippen LogP contribution in [0.5, 0.6) is 0 Å². The molecular weight excluding hydrogens is 370 g/mol. The zero-order valence-electron chi connectivity index (χ0n) is 15.2. The zero-order chi connectivity index (χ0) is 19.9. The number of carboxylic acids is 1. The second kappa shape index (κ2) is 5.20. The van der Waals surface area contributed by atoms with Crippen LogP contribution in [0.15, 0.2) is 54.4 Å². The van der Waals surface area contributed by atoms with Gasteiger partial charge in [0.15, 0.2) is 0 Å². The van der Waals surface area contributed by atoms with Crippen molar-refractivity contribution in [2.75, 3.05) is 6.54 Å². The van der Waals surface area contributed by atoms with E-state index < -0.39 is 11.4 Å². The SMILES string of the molecule is O=C(O)c1cnc2c(c1)C13CC1CN(C(=O)c1cc4ccccc4[nH]1)C3=CC2=O. The van der Waals surface area contributed by atoms with Crippen LogP contribution in [-0.4, -0.2) is 44.2 Å². The first-order valence-corrected chi connectivity index (χ1v) is 9.39. The molecule has 2 fully saturated rings. The summed E-state index contributed by atoms with van der Waals surface area (Å²) in [6.07, 6.45) is 3.51. The largest absolute Gasteiger partial charge is 0.478 e. The number of benzene rings is 1. The zero-order valence-corrected chi connectivity index (χ0v) is 15.2. The fourth-order valence-electron chi connectivity index (χ4n) is 4.93. The van der Waals surface area contributed by atoms with Crippen molar-refractivity contribution in [3.05, 3.63) is 76.9 Å². The molecule has 7 heteroatoms. The smallest absolute Gasteiger partial charge is 0.337 e. The minimum absolute atomic E-state index is 0.0539. The number of ketones is 1. The number of rotatable bonds is 2. The van der Waals surface area contributed by atoms with Crippen LogP contribution >= 0.6 is 0 Å². The van der Waals surface area contributed by atoms with Crippen LogP contribution in [0.2, 0.25) is 0 Å². The number of amides is 1. The Labute approximate surface area is 164 Å². The Morgan fingerprint density at radius 1 is 1.24 bits per heavy atom. The highest BCUT2D eigenvalue weighted by atomic mass is 16.4. The maximum Gasteiger partial charge on any atom is 0.337 e. The van der Waals surface area contributed by atoms with Crippen molar-refractivity contribution in [3.8, 4) is 0 Å². The van der Waals surface area contributed by atoms with E-state index in [-0.39, 0.29) is 23.2 Å². The number of H-pyrrole nitrogens is 1. The Kier molecular flexibility index (Phi) is 2.91. The molecule has 2 unspecified atom stereocenters. The maximum absolute atomic E-state index is 13.3. The molecule has 1 spiro atoms. The fraction of sp³-hybridized carbons (Fsp3) is 0.182. The Hall–Kier alpha value is -3.74. The predicted octanol–water partition coefficient (Wildman–Crippen LogP) is 2.76. The summed E-state index contributed by atoms with van der Waals surface area (Å²) < 4.78 is 0. The van der Waals surface area contributed by atoms with Gasteiger partial charge >= 0.3 is 5.97 Å². The molecule has 29 heavy (non-hydrogen) atoms. The first-order valence-electron chi connectivity index (χ1n) is 9.39. The van der Waals surface area contributed by atoms with Crippen LogP contribution in [0.3, 0.4) is 0 Å². The summed E-state index contributed by atoms with van der Waals surface area (Å²) in [5.41, 5.74) is 2.51. The molecule has 0 radical (unpaired) electrons. The molecule has 1 aromatic carbocycles. The molecule has 6 rings (SSSR count). The summed E-state index contributed by atoms with van der Waals surface area (Å²) >= 11 is 0. The van der Waals surface area contributed by atoms with E-state index in [4.69, 9.17) is 0 Å². The number of carboxylic acid groups (broad SMARTS) is 1. The second-order valence-corrected chi connectivity index (χ2v) is 7.88. The summed E-state index contributed by atoms with van der Waals surface area (Å²) in [4.78, 5) is 46.3. The number of aromatic nitrogens is 2. The molecule has 1 saturated heterocycles.